The number of methoxy groups -OCH3 is 2. The number of rotatable bonds is 12. The van der Waals surface area contributed by atoms with Gasteiger partial charge in [0.05, 0.1) is 30.5 Å². The number of amides is 2. The van der Waals surface area contributed by atoms with Gasteiger partial charge in [-0.2, -0.15) is 5.10 Å². The van der Waals surface area contributed by atoms with E-state index < -0.39 is 38.0 Å². The molecule has 0 aliphatic heterocycles. The minimum atomic E-state index is -4.68. The summed E-state index contributed by atoms with van der Waals surface area (Å²) in [6.07, 6.45) is 0. The van der Waals surface area contributed by atoms with E-state index in [9.17, 15) is 28.1 Å². The fraction of sp³-hybridized carbons (Fsp3) is 0.129. The predicted molar refractivity (Wildman–Crippen MR) is 168 cm³/mol. The maximum absolute atomic E-state index is 13.9. The van der Waals surface area contributed by atoms with E-state index in [4.69, 9.17) is 9.47 Å². The molecule has 0 fully saturated rings. The van der Waals surface area contributed by atoms with Gasteiger partial charge < -0.3 is 14.8 Å². The average Bonchev–Trinajstić information content (AvgIpc) is 3.06. The number of nitrogens with one attached hydrogen (secondary N) is 2. The zero-order valence-electron chi connectivity index (χ0n) is 24.5. The van der Waals surface area contributed by atoms with Crippen molar-refractivity contribution < 1.29 is 32.4 Å². The summed E-state index contributed by atoms with van der Waals surface area (Å²) in [6, 6.07) is 24.5. The number of nitro benzene ring substituents is 1. The van der Waals surface area contributed by atoms with Crippen molar-refractivity contribution >= 4 is 44.6 Å². The molecule has 2 amide bonds. The average molecular weight is 632 g/mol. The molecule has 4 rings (SSSR count). The van der Waals surface area contributed by atoms with Crippen molar-refractivity contribution in [2.24, 2.45) is 5.10 Å². The summed E-state index contributed by atoms with van der Waals surface area (Å²) in [6.45, 7) is 0.838. The van der Waals surface area contributed by atoms with Crippen LogP contribution in [0.15, 0.2) is 107 Å². The highest BCUT2D eigenvalue weighted by Crippen LogP contribution is 2.37. The predicted octanol–water partition coefficient (Wildman–Crippen LogP) is 4.60. The van der Waals surface area contributed by atoms with Crippen LogP contribution in [-0.2, 0) is 14.8 Å². The standard InChI is InChI=1S/C31H29N5O8S/c1-21(22-13-15-24(16-14-22)32-31(38)23-9-5-4-6-10-23)33-34-30(37)20-35(26-18-17-25(43-2)19-28(26)44-3)45(41,42)29-12-8-7-11-27(29)36(39)40/h4-19H,20H2,1-3H3,(H,32,38)(H,34,37)/b33-21-. The molecule has 2 N–H and O–H groups in total. The summed E-state index contributed by atoms with van der Waals surface area (Å²) >= 11 is 0. The van der Waals surface area contributed by atoms with Gasteiger partial charge in [0.2, 0.25) is 0 Å². The topological polar surface area (TPSA) is 170 Å². The summed E-state index contributed by atoms with van der Waals surface area (Å²) in [5, 5.41) is 18.6. The molecule has 0 aliphatic rings. The molecule has 14 heteroatoms. The number of hydrogen-bond donors (Lipinski definition) is 2. The number of nitrogens with zero attached hydrogens (tertiary/aromatic N) is 3. The van der Waals surface area contributed by atoms with E-state index in [2.05, 4.69) is 15.8 Å². The third-order valence-corrected chi connectivity index (χ3v) is 8.32. The third kappa shape index (κ3) is 7.61. The highest BCUT2D eigenvalue weighted by molar-refractivity contribution is 7.93. The van der Waals surface area contributed by atoms with Crippen LogP contribution in [0.3, 0.4) is 0 Å². The van der Waals surface area contributed by atoms with Gasteiger partial charge in [0.15, 0.2) is 4.90 Å². The van der Waals surface area contributed by atoms with Gasteiger partial charge in [0, 0.05) is 23.4 Å². The van der Waals surface area contributed by atoms with Crippen molar-refractivity contribution in [3.8, 4) is 11.5 Å². The van der Waals surface area contributed by atoms with Gasteiger partial charge in [-0.15, -0.1) is 0 Å². The van der Waals surface area contributed by atoms with Crippen molar-refractivity contribution in [3.05, 3.63) is 118 Å². The zero-order valence-corrected chi connectivity index (χ0v) is 25.3. The first kappa shape index (κ1) is 32.2. The highest BCUT2D eigenvalue weighted by Gasteiger charge is 2.34. The van der Waals surface area contributed by atoms with Crippen LogP contribution in [0.4, 0.5) is 17.1 Å². The molecule has 0 saturated heterocycles. The largest absolute Gasteiger partial charge is 0.497 e. The lowest BCUT2D eigenvalue weighted by atomic mass is 10.1. The number of nitro groups is 1. The van der Waals surface area contributed by atoms with Gasteiger partial charge in [-0.3, -0.25) is 24.0 Å². The molecule has 0 radical (unpaired) electrons. The molecule has 0 spiro atoms. The SMILES string of the molecule is COc1ccc(N(CC(=O)N/N=C(/C)c2ccc(NC(=O)c3ccccc3)cc2)S(=O)(=O)c2ccccc2[N+](=O)[O-])c(OC)c1. The Morgan fingerprint density at radius 3 is 2.20 bits per heavy atom. The van der Waals surface area contributed by atoms with Gasteiger partial charge in [0.1, 0.15) is 18.0 Å². The van der Waals surface area contributed by atoms with Crippen LogP contribution in [0.2, 0.25) is 0 Å². The van der Waals surface area contributed by atoms with Gasteiger partial charge in [0.25, 0.3) is 27.5 Å². The normalized spacial score (nSPS) is 11.3. The molecule has 0 aromatic heterocycles. The quantitative estimate of drug-likeness (QED) is 0.130. The van der Waals surface area contributed by atoms with Crippen LogP contribution in [0.1, 0.15) is 22.8 Å². The third-order valence-electron chi connectivity index (χ3n) is 6.52. The Balaban J connectivity index is 1.57. The van der Waals surface area contributed by atoms with E-state index in [-0.39, 0.29) is 17.3 Å². The Kier molecular flexibility index (Phi) is 10.1. The minimum absolute atomic E-state index is 0.0448. The fourth-order valence-corrected chi connectivity index (χ4v) is 5.79. The molecule has 13 nitrogen and oxygen atoms in total. The molecular formula is C31H29N5O8S. The molecule has 4 aromatic carbocycles. The summed E-state index contributed by atoms with van der Waals surface area (Å²) in [5.41, 5.74) is 3.69. The van der Waals surface area contributed by atoms with Gasteiger partial charge in [-0.25, -0.2) is 13.8 Å². The molecule has 0 bridgehead atoms. The van der Waals surface area contributed by atoms with Crippen molar-refractivity contribution in [1.82, 2.24) is 5.43 Å². The molecule has 0 saturated carbocycles. The van der Waals surface area contributed by atoms with E-state index in [0.717, 1.165) is 12.1 Å². The second kappa shape index (κ2) is 14.1. The number of hydrazone groups is 1. The number of carbonyl (C=O) groups is 2. The second-order valence-electron chi connectivity index (χ2n) is 9.40. The lowest BCUT2D eigenvalue weighted by molar-refractivity contribution is -0.387. The monoisotopic (exact) mass is 631 g/mol. The van der Waals surface area contributed by atoms with Crippen molar-refractivity contribution in [2.75, 3.05) is 30.4 Å². The molecule has 0 aliphatic carbocycles. The lowest BCUT2D eigenvalue weighted by Gasteiger charge is -2.25. The van der Waals surface area contributed by atoms with Crippen LogP contribution >= 0.6 is 0 Å². The number of benzene rings is 4. The zero-order chi connectivity index (χ0) is 32.6. The van der Waals surface area contributed by atoms with Gasteiger partial charge in [-0.1, -0.05) is 42.5 Å². The number of carbonyl (C=O) groups excluding carboxylic acids is 2. The van der Waals surface area contributed by atoms with Gasteiger partial charge >= 0.3 is 0 Å². The summed E-state index contributed by atoms with van der Waals surface area (Å²) in [7, 11) is -1.95. The van der Waals surface area contributed by atoms with E-state index in [0.29, 0.717) is 32.6 Å². The maximum atomic E-state index is 13.9. The smallest absolute Gasteiger partial charge is 0.289 e. The number of anilines is 2. The summed E-state index contributed by atoms with van der Waals surface area (Å²) in [5.74, 6) is -0.701. The molecular weight excluding hydrogens is 602 g/mol. The van der Waals surface area contributed by atoms with E-state index in [1.807, 2.05) is 6.07 Å². The van der Waals surface area contributed by atoms with Crippen molar-refractivity contribution in [1.29, 1.82) is 0 Å². The molecule has 4 aromatic rings. The Labute approximate surface area is 259 Å². The number of sulfonamides is 1. The van der Waals surface area contributed by atoms with E-state index >= 15 is 0 Å². The maximum Gasteiger partial charge on any atom is 0.289 e. The Bertz CT molecular complexity index is 1850. The molecule has 45 heavy (non-hydrogen) atoms. The van der Waals surface area contributed by atoms with Crippen LogP contribution in [0, 0.1) is 10.1 Å². The fourth-order valence-electron chi connectivity index (χ4n) is 4.20. The van der Waals surface area contributed by atoms with Gasteiger partial charge in [-0.05, 0) is 55.0 Å². The first-order chi connectivity index (χ1) is 21.5. The van der Waals surface area contributed by atoms with Crippen LogP contribution in [0.25, 0.3) is 0 Å². The number of hydrogen-bond acceptors (Lipinski definition) is 9. The lowest BCUT2D eigenvalue weighted by Crippen LogP contribution is -2.40. The van der Waals surface area contributed by atoms with E-state index in [1.54, 1.807) is 55.5 Å². The van der Waals surface area contributed by atoms with Crippen LogP contribution < -0.4 is 24.5 Å². The van der Waals surface area contributed by atoms with Crippen LogP contribution in [-0.4, -0.2) is 51.6 Å². The molecule has 0 unspecified atom stereocenters. The first-order valence-corrected chi connectivity index (χ1v) is 14.8. The number of para-hydroxylation sites is 1. The molecule has 232 valence electrons. The Hall–Kier alpha value is -5.76. The Morgan fingerprint density at radius 1 is 0.889 bits per heavy atom. The Morgan fingerprint density at radius 2 is 1.56 bits per heavy atom. The van der Waals surface area contributed by atoms with Crippen molar-refractivity contribution in [3.63, 3.8) is 0 Å². The summed E-state index contributed by atoms with van der Waals surface area (Å²) in [4.78, 5) is 35.8. The summed E-state index contributed by atoms with van der Waals surface area (Å²) < 4.78 is 39.0. The van der Waals surface area contributed by atoms with E-state index in [1.165, 1.54) is 44.6 Å². The minimum Gasteiger partial charge on any atom is -0.497 e. The number of ether oxygens (including phenoxy) is 2. The van der Waals surface area contributed by atoms with Crippen LogP contribution in [0.5, 0.6) is 11.5 Å². The first-order valence-electron chi connectivity index (χ1n) is 13.3. The second-order valence-corrected chi connectivity index (χ2v) is 11.2. The molecule has 0 atom stereocenters. The molecule has 0 heterocycles. The van der Waals surface area contributed by atoms with Crippen molar-refractivity contribution in [2.45, 2.75) is 11.8 Å². The highest BCUT2D eigenvalue weighted by atomic mass is 32.2.